The molecule has 0 unspecified atom stereocenters. The first-order chi connectivity index (χ1) is 21.4. The molecule has 1 aromatic heterocycles. The lowest BCUT2D eigenvalue weighted by Gasteiger charge is -2.26. The molecule has 224 valence electrons. The maximum atomic E-state index is 14.3. The number of rotatable bonds is 10. The van der Waals surface area contributed by atoms with Gasteiger partial charge in [-0.3, -0.25) is 9.36 Å². The van der Waals surface area contributed by atoms with Gasteiger partial charge in [0.1, 0.15) is 6.07 Å². The third-order valence-corrected chi connectivity index (χ3v) is 7.88. The highest BCUT2D eigenvalue weighted by molar-refractivity contribution is 7.07. The Morgan fingerprint density at radius 2 is 1.75 bits per heavy atom. The number of fused-ring (bicyclic) bond motifs is 1. The highest BCUT2D eigenvalue weighted by atomic mass is 32.1. The predicted molar refractivity (Wildman–Crippen MR) is 165 cm³/mol. The van der Waals surface area contributed by atoms with Crippen LogP contribution in [0.25, 0.3) is 11.8 Å². The molecule has 0 spiro atoms. The summed E-state index contributed by atoms with van der Waals surface area (Å²) in [4.78, 5) is 33.2. The molecule has 1 aliphatic rings. The summed E-state index contributed by atoms with van der Waals surface area (Å²) in [7, 11) is 4.55. The molecule has 0 radical (unpaired) electrons. The van der Waals surface area contributed by atoms with Crippen LogP contribution < -0.4 is 33.8 Å². The number of nitriles is 1. The molecule has 0 saturated heterocycles. The van der Waals surface area contributed by atoms with Crippen LogP contribution in [0.15, 0.2) is 82.1 Å². The molecule has 0 bridgehead atoms. The zero-order valence-electron chi connectivity index (χ0n) is 24.5. The highest BCUT2D eigenvalue weighted by Gasteiger charge is 2.35. The second kappa shape index (κ2) is 13.3. The minimum atomic E-state index is -0.901. The standard InChI is InChI=1S/C33H29N3O7S/c1-5-42-32(38)27-28(20-10-7-6-8-11-20)35-33-36(29(27)21-14-15-23(39-2)25(18-21)41-4)31(37)26(44-33)19-22-12-9-13-24(40-3)30(22)43-17-16-34/h6-15,18-19,29H,5,17H2,1-4H3/b26-19-/t29-/m0/s1. The molecule has 0 saturated carbocycles. The fourth-order valence-corrected chi connectivity index (χ4v) is 5.98. The van der Waals surface area contributed by atoms with Gasteiger partial charge in [0.25, 0.3) is 5.56 Å². The molecule has 0 fully saturated rings. The summed E-state index contributed by atoms with van der Waals surface area (Å²) in [6.07, 6.45) is 1.67. The Bertz CT molecular complexity index is 1960. The minimum Gasteiger partial charge on any atom is -0.493 e. The summed E-state index contributed by atoms with van der Waals surface area (Å²) >= 11 is 1.17. The van der Waals surface area contributed by atoms with Gasteiger partial charge in [0.15, 0.2) is 34.4 Å². The van der Waals surface area contributed by atoms with E-state index in [1.165, 1.54) is 37.2 Å². The molecule has 0 N–H and O–H groups in total. The fraction of sp³-hybridized carbons (Fsp3) is 0.212. The van der Waals surface area contributed by atoms with Gasteiger partial charge in [-0.25, -0.2) is 9.79 Å². The Balaban J connectivity index is 1.83. The van der Waals surface area contributed by atoms with Gasteiger partial charge in [-0.1, -0.05) is 59.9 Å². The number of hydrogen-bond acceptors (Lipinski definition) is 10. The number of aromatic nitrogens is 1. The van der Waals surface area contributed by atoms with Gasteiger partial charge in [-0.15, -0.1) is 0 Å². The van der Waals surface area contributed by atoms with E-state index in [-0.39, 0.29) is 24.3 Å². The average Bonchev–Trinajstić information content (AvgIpc) is 3.37. The number of esters is 1. The summed E-state index contributed by atoms with van der Waals surface area (Å²) in [5.41, 5.74) is 2.07. The average molecular weight is 612 g/mol. The molecular weight excluding hydrogens is 582 g/mol. The molecular formula is C33H29N3O7S. The van der Waals surface area contributed by atoms with E-state index >= 15 is 0 Å². The van der Waals surface area contributed by atoms with Gasteiger partial charge < -0.3 is 23.7 Å². The number of hydrogen-bond donors (Lipinski definition) is 0. The number of thiazole rings is 1. The molecule has 4 aromatic rings. The third kappa shape index (κ3) is 5.67. The normalized spacial score (nSPS) is 14.2. The van der Waals surface area contributed by atoms with Gasteiger partial charge >= 0.3 is 5.97 Å². The fourth-order valence-electron chi connectivity index (χ4n) is 4.99. The molecule has 5 rings (SSSR count). The van der Waals surface area contributed by atoms with Gasteiger partial charge in [0.05, 0.1) is 49.8 Å². The van der Waals surface area contributed by atoms with E-state index in [9.17, 15) is 9.59 Å². The van der Waals surface area contributed by atoms with Crippen molar-refractivity contribution in [2.45, 2.75) is 13.0 Å². The molecule has 11 heteroatoms. The van der Waals surface area contributed by atoms with Crippen molar-refractivity contribution in [1.82, 2.24) is 4.57 Å². The van der Waals surface area contributed by atoms with E-state index in [0.29, 0.717) is 54.7 Å². The van der Waals surface area contributed by atoms with Gasteiger partial charge in [-0.05, 0) is 36.8 Å². The molecule has 0 amide bonds. The van der Waals surface area contributed by atoms with Crippen LogP contribution in [0.5, 0.6) is 23.0 Å². The van der Waals surface area contributed by atoms with Crippen LogP contribution in [0.2, 0.25) is 0 Å². The Morgan fingerprint density at radius 3 is 2.43 bits per heavy atom. The van der Waals surface area contributed by atoms with Crippen molar-refractivity contribution in [1.29, 1.82) is 5.26 Å². The molecule has 10 nitrogen and oxygen atoms in total. The van der Waals surface area contributed by atoms with E-state index in [1.54, 1.807) is 49.4 Å². The van der Waals surface area contributed by atoms with Gasteiger partial charge in [0, 0.05) is 11.1 Å². The predicted octanol–water partition coefficient (Wildman–Crippen LogP) is 3.86. The number of para-hydroxylation sites is 1. The summed E-state index contributed by atoms with van der Waals surface area (Å²) in [5.74, 6) is 1.09. The smallest absolute Gasteiger partial charge is 0.338 e. The lowest BCUT2D eigenvalue weighted by Crippen LogP contribution is -2.40. The molecule has 2 heterocycles. The topological polar surface area (TPSA) is 121 Å². The minimum absolute atomic E-state index is 0.134. The Kier molecular flexibility index (Phi) is 9.12. The number of ether oxygens (including phenoxy) is 5. The summed E-state index contributed by atoms with van der Waals surface area (Å²) in [6, 6.07) is 20.8. The maximum Gasteiger partial charge on any atom is 0.338 e. The Morgan fingerprint density at radius 1 is 1.00 bits per heavy atom. The van der Waals surface area contributed by atoms with Crippen molar-refractivity contribution in [3.8, 4) is 29.1 Å². The van der Waals surface area contributed by atoms with Crippen molar-refractivity contribution in [2.24, 2.45) is 4.99 Å². The van der Waals surface area contributed by atoms with Crippen LogP contribution in [0.3, 0.4) is 0 Å². The van der Waals surface area contributed by atoms with Crippen LogP contribution in [0.1, 0.15) is 29.7 Å². The van der Waals surface area contributed by atoms with Crippen molar-refractivity contribution in [2.75, 3.05) is 34.5 Å². The Hall–Kier alpha value is -5.34. The maximum absolute atomic E-state index is 14.3. The van der Waals surface area contributed by atoms with Crippen molar-refractivity contribution in [3.05, 3.63) is 109 Å². The first-order valence-corrected chi connectivity index (χ1v) is 14.4. The second-order valence-corrected chi connectivity index (χ2v) is 10.4. The van der Waals surface area contributed by atoms with E-state index in [0.717, 1.165) is 0 Å². The first kappa shape index (κ1) is 30.1. The second-order valence-electron chi connectivity index (χ2n) is 9.37. The molecule has 1 aliphatic heterocycles. The summed E-state index contributed by atoms with van der Waals surface area (Å²) in [6.45, 7) is 1.65. The first-order valence-electron chi connectivity index (χ1n) is 13.6. The van der Waals surface area contributed by atoms with Crippen LogP contribution in [-0.2, 0) is 9.53 Å². The number of nitrogens with zero attached hydrogens (tertiary/aromatic N) is 3. The van der Waals surface area contributed by atoms with E-state index in [4.69, 9.17) is 33.9 Å². The molecule has 3 aromatic carbocycles. The van der Waals surface area contributed by atoms with Crippen LogP contribution in [0, 0.1) is 11.3 Å². The van der Waals surface area contributed by atoms with E-state index in [1.807, 2.05) is 36.4 Å². The van der Waals surface area contributed by atoms with Crippen molar-refractivity contribution >= 4 is 29.1 Å². The zero-order valence-corrected chi connectivity index (χ0v) is 25.3. The monoisotopic (exact) mass is 611 g/mol. The summed E-state index contributed by atoms with van der Waals surface area (Å²) < 4.78 is 29.5. The van der Waals surface area contributed by atoms with E-state index in [2.05, 4.69) is 0 Å². The van der Waals surface area contributed by atoms with Crippen LogP contribution in [0.4, 0.5) is 0 Å². The number of benzene rings is 3. The quantitative estimate of drug-likeness (QED) is 0.248. The molecule has 44 heavy (non-hydrogen) atoms. The number of methoxy groups -OCH3 is 3. The number of carbonyl (C=O) groups is 1. The largest absolute Gasteiger partial charge is 0.493 e. The van der Waals surface area contributed by atoms with E-state index < -0.39 is 12.0 Å². The van der Waals surface area contributed by atoms with Crippen molar-refractivity contribution in [3.63, 3.8) is 0 Å². The van der Waals surface area contributed by atoms with Crippen LogP contribution in [-0.4, -0.2) is 45.1 Å². The van der Waals surface area contributed by atoms with Gasteiger partial charge in [0.2, 0.25) is 0 Å². The lowest BCUT2D eigenvalue weighted by molar-refractivity contribution is -0.138. The Labute approximate surface area is 257 Å². The zero-order chi connectivity index (χ0) is 31.2. The van der Waals surface area contributed by atoms with Crippen LogP contribution >= 0.6 is 11.3 Å². The SMILES string of the molecule is CCOC(=O)C1=C(c2ccccc2)N=c2s/c(=C\c3cccc(OC)c3OCC#N)c(=O)n2[C@H]1c1ccc(OC)c(OC)c1. The summed E-state index contributed by atoms with van der Waals surface area (Å²) in [5, 5.41) is 9.11. The molecule has 0 aliphatic carbocycles. The lowest BCUT2D eigenvalue weighted by atomic mass is 9.93. The van der Waals surface area contributed by atoms with Crippen molar-refractivity contribution < 1.29 is 28.5 Å². The van der Waals surface area contributed by atoms with Gasteiger partial charge in [-0.2, -0.15) is 5.26 Å². The third-order valence-electron chi connectivity index (χ3n) is 6.89. The highest BCUT2D eigenvalue weighted by Crippen LogP contribution is 2.38. The number of carbonyl (C=O) groups excluding carboxylic acids is 1. The molecule has 1 atom stereocenters.